The van der Waals surface area contributed by atoms with Gasteiger partial charge in [-0.2, -0.15) is 0 Å². The second kappa shape index (κ2) is 14.6. The molecule has 3 aromatic carbocycles. The molecule has 3 aromatic rings. The van der Waals surface area contributed by atoms with Gasteiger partial charge in [0, 0.05) is 56.6 Å². The van der Waals surface area contributed by atoms with Gasteiger partial charge in [0.1, 0.15) is 0 Å². The zero-order chi connectivity index (χ0) is 31.8. The summed E-state index contributed by atoms with van der Waals surface area (Å²) in [5.74, 6) is -1.16. The Morgan fingerprint density at radius 1 is 0.867 bits per heavy atom. The van der Waals surface area contributed by atoms with E-state index in [2.05, 4.69) is 31.2 Å². The van der Waals surface area contributed by atoms with Gasteiger partial charge in [-0.05, 0) is 42.0 Å². The maximum Gasteiger partial charge on any atom is 0.337 e. The highest BCUT2D eigenvalue weighted by Crippen LogP contribution is 2.38. The summed E-state index contributed by atoms with van der Waals surface area (Å²) >= 11 is 0. The predicted molar refractivity (Wildman–Crippen MR) is 170 cm³/mol. The highest BCUT2D eigenvalue weighted by atomic mass is 16.7. The molecule has 12 heteroatoms. The van der Waals surface area contributed by atoms with Crippen LogP contribution in [0.15, 0.2) is 72.8 Å². The minimum absolute atomic E-state index is 0.00989. The van der Waals surface area contributed by atoms with Gasteiger partial charge >= 0.3 is 5.97 Å². The summed E-state index contributed by atoms with van der Waals surface area (Å²) in [6, 6.07) is 21.2. The van der Waals surface area contributed by atoms with Gasteiger partial charge in [0.05, 0.1) is 42.8 Å². The monoisotopic (exact) mass is 612 g/mol. The standard InChI is InChI=1S/C33H36N6O6/c1-34-28(40)21-39-16-14-38(15-17-39)18-19-45-37-31(41)23-8-11-25(12-9-23)35-30(22-6-4-3-5-7-22)29-26-13-10-24(33(43)44-2)20-27(26)36-32(29)42/h3-13,20,35H,14-19,21H2,1-2H3,(H,34,40)(H,36,42)(H,37,41)/b30-29-. The lowest BCUT2D eigenvalue weighted by Crippen LogP contribution is -2.50. The van der Waals surface area contributed by atoms with Crippen molar-refractivity contribution in [3.63, 3.8) is 0 Å². The number of esters is 1. The van der Waals surface area contributed by atoms with Crippen LogP contribution in [0.1, 0.15) is 31.8 Å². The van der Waals surface area contributed by atoms with E-state index in [1.54, 1.807) is 49.5 Å². The molecule has 2 aliphatic heterocycles. The highest BCUT2D eigenvalue weighted by molar-refractivity contribution is 6.37. The fourth-order valence-electron chi connectivity index (χ4n) is 5.20. The first-order valence-corrected chi connectivity index (χ1v) is 14.6. The summed E-state index contributed by atoms with van der Waals surface area (Å²) in [6.07, 6.45) is 0. The van der Waals surface area contributed by atoms with Crippen molar-refractivity contribution in [2.45, 2.75) is 0 Å². The highest BCUT2D eigenvalue weighted by Gasteiger charge is 2.29. The van der Waals surface area contributed by atoms with E-state index in [-0.39, 0.29) is 17.7 Å². The van der Waals surface area contributed by atoms with Gasteiger partial charge in [-0.3, -0.25) is 29.0 Å². The second-order valence-electron chi connectivity index (χ2n) is 10.6. The van der Waals surface area contributed by atoms with Gasteiger partial charge in [-0.15, -0.1) is 0 Å². The quantitative estimate of drug-likeness (QED) is 0.111. The third kappa shape index (κ3) is 7.73. The lowest BCUT2D eigenvalue weighted by Gasteiger charge is -2.33. The van der Waals surface area contributed by atoms with Crippen molar-refractivity contribution in [2.24, 2.45) is 0 Å². The number of fused-ring (bicyclic) bond motifs is 1. The van der Waals surface area contributed by atoms with E-state index < -0.39 is 5.97 Å². The van der Waals surface area contributed by atoms with E-state index >= 15 is 0 Å². The molecule has 5 rings (SSSR count). The molecule has 0 unspecified atom stereocenters. The number of piperazine rings is 1. The van der Waals surface area contributed by atoms with Crippen LogP contribution in [0.5, 0.6) is 0 Å². The Morgan fingerprint density at radius 2 is 1.56 bits per heavy atom. The number of rotatable bonds is 11. The molecule has 0 aliphatic carbocycles. The molecule has 0 saturated carbocycles. The number of methoxy groups -OCH3 is 1. The molecule has 2 aliphatic rings. The zero-order valence-electron chi connectivity index (χ0n) is 25.2. The number of nitrogens with zero attached hydrogens (tertiary/aromatic N) is 2. The third-order valence-corrected chi connectivity index (χ3v) is 7.70. The summed E-state index contributed by atoms with van der Waals surface area (Å²) < 4.78 is 4.81. The minimum atomic E-state index is -0.491. The predicted octanol–water partition coefficient (Wildman–Crippen LogP) is 2.43. The summed E-state index contributed by atoms with van der Waals surface area (Å²) in [7, 11) is 2.94. The second-order valence-corrected chi connectivity index (χ2v) is 10.6. The first-order valence-electron chi connectivity index (χ1n) is 14.6. The molecule has 0 radical (unpaired) electrons. The smallest absolute Gasteiger partial charge is 0.337 e. The number of hydrogen-bond donors (Lipinski definition) is 4. The van der Waals surface area contributed by atoms with Crippen molar-refractivity contribution in [2.75, 3.05) is 70.7 Å². The minimum Gasteiger partial charge on any atom is -0.465 e. The number of likely N-dealkylation sites (N-methyl/N-ethyl adjacent to an activating group) is 1. The van der Waals surface area contributed by atoms with Crippen LogP contribution in [0, 0.1) is 0 Å². The Balaban J connectivity index is 1.21. The molecule has 1 fully saturated rings. The molecule has 0 atom stereocenters. The Kier molecular flexibility index (Phi) is 10.2. The molecule has 4 N–H and O–H groups in total. The van der Waals surface area contributed by atoms with E-state index in [4.69, 9.17) is 9.57 Å². The Hall–Kier alpha value is -5.04. The van der Waals surface area contributed by atoms with Gasteiger partial charge in [0.25, 0.3) is 11.8 Å². The molecule has 12 nitrogen and oxygen atoms in total. The van der Waals surface area contributed by atoms with Crippen LogP contribution in [-0.4, -0.2) is 93.5 Å². The van der Waals surface area contributed by atoms with Crippen LogP contribution >= 0.6 is 0 Å². The van der Waals surface area contributed by atoms with E-state index in [0.717, 1.165) is 31.7 Å². The number of carbonyl (C=O) groups excluding carboxylic acids is 4. The Morgan fingerprint density at radius 3 is 2.24 bits per heavy atom. The van der Waals surface area contributed by atoms with Crippen molar-refractivity contribution in [3.05, 3.63) is 95.1 Å². The first kappa shape index (κ1) is 31.4. The lowest BCUT2D eigenvalue weighted by atomic mass is 9.99. The summed E-state index contributed by atoms with van der Waals surface area (Å²) in [6.45, 7) is 4.65. The largest absolute Gasteiger partial charge is 0.465 e. The topological polar surface area (TPSA) is 141 Å². The normalized spacial score (nSPS) is 15.9. The fraction of sp³-hybridized carbons (Fsp3) is 0.273. The van der Waals surface area contributed by atoms with E-state index in [0.29, 0.717) is 59.0 Å². The van der Waals surface area contributed by atoms with Crippen molar-refractivity contribution >= 4 is 46.3 Å². The van der Waals surface area contributed by atoms with Gasteiger partial charge < -0.3 is 20.7 Å². The summed E-state index contributed by atoms with van der Waals surface area (Å²) in [4.78, 5) is 59.3. The first-order chi connectivity index (χ1) is 21.9. The summed E-state index contributed by atoms with van der Waals surface area (Å²) in [5, 5.41) is 8.86. The molecular formula is C33H36N6O6. The van der Waals surface area contributed by atoms with Crippen LogP contribution in [-0.2, 0) is 19.2 Å². The lowest BCUT2D eigenvalue weighted by molar-refractivity contribution is -0.122. The zero-order valence-corrected chi connectivity index (χ0v) is 25.2. The van der Waals surface area contributed by atoms with E-state index in [9.17, 15) is 19.2 Å². The van der Waals surface area contributed by atoms with Crippen molar-refractivity contribution in [1.82, 2.24) is 20.6 Å². The maximum absolute atomic E-state index is 13.2. The number of hydrogen-bond acceptors (Lipinski definition) is 9. The number of ether oxygens (including phenoxy) is 1. The number of hydroxylamine groups is 1. The molecule has 2 heterocycles. The Bertz CT molecular complexity index is 1580. The van der Waals surface area contributed by atoms with Crippen LogP contribution in [0.4, 0.5) is 11.4 Å². The molecule has 0 aromatic heterocycles. The van der Waals surface area contributed by atoms with Gasteiger partial charge in [0.15, 0.2) is 0 Å². The molecular weight excluding hydrogens is 576 g/mol. The number of anilines is 2. The average Bonchev–Trinajstić information content (AvgIpc) is 3.40. The fourth-order valence-corrected chi connectivity index (χ4v) is 5.20. The van der Waals surface area contributed by atoms with Crippen LogP contribution in [0.3, 0.4) is 0 Å². The van der Waals surface area contributed by atoms with Gasteiger partial charge in [-0.25, -0.2) is 10.3 Å². The number of benzene rings is 3. The summed E-state index contributed by atoms with van der Waals surface area (Å²) in [5.41, 5.74) is 6.88. The van der Waals surface area contributed by atoms with Crippen LogP contribution < -0.4 is 21.4 Å². The van der Waals surface area contributed by atoms with E-state index in [1.165, 1.54) is 7.11 Å². The van der Waals surface area contributed by atoms with Crippen molar-refractivity contribution in [1.29, 1.82) is 0 Å². The molecule has 45 heavy (non-hydrogen) atoms. The maximum atomic E-state index is 13.2. The van der Waals surface area contributed by atoms with E-state index in [1.807, 2.05) is 30.3 Å². The van der Waals surface area contributed by atoms with Gasteiger partial charge in [0.2, 0.25) is 5.91 Å². The SMILES string of the molecule is CNC(=O)CN1CCN(CCONC(=O)c2ccc(N/C(=C3\C(=O)Nc4cc(C(=O)OC)ccc43)c3ccccc3)cc2)CC1. The van der Waals surface area contributed by atoms with Crippen LogP contribution in [0.25, 0.3) is 11.3 Å². The molecule has 0 spiro atoms. The molecule has 1 saturated heterocycles. The van der Waals surface area contributed by atoms with Crippen molar-refractivity contribution in [3.8, 4) is 0 Å². The van der Waals surface area contributed by atoms with Gasteiger partial charge in [-0.1, -0.05) is 36.4 Å². The Labute approximate surface area is 261 Å². The average molecular weight is 613 g/mol. The molecule has 234 valence electrons. The van der Waals surface area contributed by atoms with Crippen LogP contribution in [0.2, 0.25) is 0 Å². The molecule has 0 bridgehead atoms. The third-order valence-electron chi connectivity index (χ3n) is 7.70. The number of amides is 3. The molecule has 3 amide bonds. The van der Waals surface area contributed by atoms with Crippen molar-refractivity contribution < 1.29 is 28.8 Å². The number of nitrogens with one attached hydrogen (secondary N) is 4. The number of carbonyl (C=O) groups is 4.